The third-order valence-corrected chi connectivity index (χ3v) is 4.64. The van der Waals surface area contributed by atoms with Crippen molar-refractivity contribution in [3.05, 3.63) is 58.8 Å². The first kappa shape index (κ1) is 10.8. The van der Waals surface area contributed by atoms with Crippen LogP contribution in [0, 0.1) is 6.92 Å². The van der Waals surface area contributed by atoms with E-state index in [0.717, 1.165) is 0 Å². The van der Waals surface area contributed by atoms with Crippen molar-refractivity contribution in [2.24, 2.45) is 0 Å². The molecule has 84 valence electrons. The third-order valence-electron chi connectivity index (χ3n) is 2.74. The predicted molar refractivity (Wildman–Crippen MR) is 77.8 cm³/mol. The van der Waals surface area contributed by atoms with Gasteiger partial charge >= 0.3 is 0 Å². The zero-order valence-electron chi connectivity index (χ0n) is 9.51. The molecule has 0 fully saturated rings. The Bertz CT molecular complexity index is 601. The highest BCUT2D eigenvalue weighted by molar-refractivity contribution is 7.16. The first-order chi connectivity index (χ1) is 8.33. The molecule has 0 bridgehead atoms. The fourth-order valence-electron chi connectivity index (χ4n) is 1.78. The second-order valence-electron chi connectivity index (χ2n) is 4.04. The van der Waals surface area contributed by atoms with Crippen LogP contribution in [0.15, 0.2) is 53.2 Å². The summed E-state index contributed by atoms with van der Waals surface area (Å²) in [5, 5.41) is 4.36. The molecule has 2 aromatic heterocycles. The van der Waals surface area contributed by atoms with Gasteiger partial charge in [0, 0.05) is 20.7 Å². The summed E-state index contributed by atoms with van der Waals surface area (Å²) in [6.07, 6.45) is 0. The fourth-order valence-corrected chi connectivity index (χ4v) is 3.48. The maximum absolute atomic E-state index is 2.28. The number of hydrogen-bond acceptors (Lipinski definition) is 2. The average Bonchev–Trinajstić information content (AvgIpc) is 3.00. The summed E-state index contributed by atoms with van der Waals surface area (Å²) in [5.74, 6) is 0. The van der Waals surface area contributed by atoms with Crippen LogP contribution in [-0.2, 0) is 0 Å². The van der Waals surface area contributed by atoms with Gasteiger partial charge < -0.3 is 0 Å². The number of thiophene rings is 2. The van der Waals surface area contributed by atoms with Crippen molar-refractivity contribution in [2.45, 2.75) is 6.92 Å². The van der Waals surface area contributed by atoms with E-state index in [4.69, 9.17) is 0 Å². The summed E-state index contributed by atoms with van der Waals surface area (Å²) in [5.41, 5.74) is 3.95. The lowest BCUT2D eigenvalue weighted by molar-refractivity contribution is 1.48. The number of aryl methyl sites for hydroxylation is 1. The molecule has 3 rings (SSSR count). The molecular formula is C15H12S2. The highest BCUT2D eigenvalue weighted by Gasteiger charge is 2.04. The van der Waals surface area contributed by atoms with Gasteiger partial charge in [-0.3, -0.25) is 0 Å². The van der Waals surface area contributed by atoms with E-state index in [2.05, 4.69) is 60.1 Å². The van der Waals surface area contributed by atoms with Gasteiger partial charge in [0.25, 0.3) is 0 Å². The van der Waals surface area contributed by atoms with Crippen molar-refractivity contribution in [2.75, 3.05) is 0 Å². The van der Waals surface area contributed by atoms with E-state index in [1.807, 2.05) is 11.3 Å². The zero-order chi connectivity index (χ0) is 11.7. The molecule has 0 amide bonds. The summed E-state index contributed by atoms with van der Waals surface area (Å²) in [6.45, 7) is 2.12. The molecule has 0 atom stereocenters. The number of benzene rings is 1. The lowest BCUT2D eigenvalue weighted by atomic mass is 10.1. The molecule has 0 saturated carbocycles. The van der Waals surface area contributed by atoms with Crippen LogP contribution in [0.1, 0.15) is 5.56 Å². The summed E-state index contributed by atoms with van der Waals surface area (Å²) >= 11 is 3.61. The van der Waals surface area contributed by atoms with Crippen LogP contribution in [0.25, 0.3) is 20.9 Å². The summed E-state index contributed by atoms with van der Waals surface area (Å²) in [7, 11) is 0. The van der Waals surface area contributed by atoms with Gasteiger partial charge in [-0.25, -0.2) is 0 Å². The quantitative estimate of drug-likeness (QED) is 0.571. The van der Waals surface area contributed by atoms with Crippen molar-refractivity contribution in [1.82, 2.24) is 0 Å². The van der Waals surface area contributed by atoms with Crippen LogP contribution in [0.3, 0.4) is 0 Å². The molecule has 0 N–H and O–H groups in total. The van der Waals surface area contributed by atoms with Crippen molar-refractivity contribution in [1.29, 1.82) is 0 Å². The van der Waals surface area contributed by atoms with Crippen LogP contribution in [-0.4, -0.2) is 0 Å². The van der Waals surface area contributed by atoms with Crippen molar-refractivity contribution >= 4 is 22.7 Å². The molecule has 17 heavy (non-hydrogen) atoms. The fraction of sp³-hybridized carbons (Fsp3) is 0.0667. The molecule has 0 saturated heterocycles. The second-order valence-corrected chi connectivity index (χ2v) is 5.90. The number of hydrogen-bond donors (Lipinski definition) is 0. The van der Waals surface area contributed by atoms with Gasteiger partial charge in [-0.2, -0.15) is 0 Å². The SMILES string of the molecule is Cc1ccc(-c2cc(-c3cccs3)cs2)cc1. The lowest BCUT2D eigenvalue weighted by Gasteiger charge is -1.97. The van der Waals surface area contributed by atoms with E-state index < -0.39 is 0 Å². The Balaban J connectivity index is 1.98. The molecule has 0 radical (unpaired) electrons. The van der Waals surface area contributed by atoms with Gasteiger partial charge in [-0.1, -0.05) is 35.9 Å². The van der Waals surface area contributed by atoms with Gasteiger partial charge in [-0.05, 0) is 30.0 Å². The molecule has 0 aliphatic carbocycles. The summed E-state index contributed by atoms with van der Waals surface area (Å²) < 4.78 is 0. The minimum Gasteiger partial charge on any atom is -0.144 e. The largest absolute Gasteiger partial charge is 0.144 e. The van der Waals surface area contributed by atoms with E-state index in [9.17, 15) is 0 Å². The highest BCUT2D eigenvalue weighted by atomic mass is 32.1. The van der Waals surface area contributed by atoms with Crippen LogP contribution in [0.2, 0.25) is 0 Å². The predicted octanol–water partition coefficient (Wildman–Crippen LogP) is 5.45. The smallest absolute Gasteiger partial charge is 0.0351 e. The maximum Gasteiger partial charge on any atom is 0.0351 e. The Labute approximate surface area is 109 Å². The van der Waals surface area contributed by atoms with Crippen LogP contribution < -0.4 is 0 Å². The molecule has 0 unspecified atom stereocenters. The van der Waals surface area contributed by atoms with Gasteiger partial charge in [0.05, 0.1) is 0 Å². The van der Waals surface area contributed by atoms with Gasteiger partial charge in [-0.15, -0.1) is 22.7 Å². The second kappa shape index (κ2) is 4.47. The van der Waals surface area contributed by atoms with Crippen molar-refractivity contribution < 1.29 is 0 Å². The molecule has 0 aliphatic heterocycles. The van der Waals surface area contributed by atoms with Gasteiger partial charge in [0.2, 0.25) is 0 Å². The molecule has 1 aromatic carbocycles. The van der Waals surface area contributed by atoms with Crippen molar-refractivity contribution in [3.63, 3.8) is 0 Å². The van der Waals surface area contributed by atoms with E-state index in [0.29, 0.717) is 0 Å². The molecular weight excluding hydrogens is 244 g/mol. The first-order valence-corrected chi connectivity index (χ1v) is 7.28. The zero-order valence-corrected chi connectivity index (χ0v) is 11.1. The third kappa shape index (κ3) is 2.19. The number of rotatable bonds is 2. The average molecular weight is 256 g/mol. The summed E-state index contributed by atoms with van der Waals surface area (Å²) in [6, 6.07) is 15.3. The highest BCUT2D eigenvalue weighted by Crippen LogP contribution is 2.34. The van der Waals surface area contributed by atoms with Crippen LogP contribution in [0.5, 0.6) is 0 Å². The Kier molecular flexibility index (Phi) is 2.83. The van der Waals surface area contributed by atoms with E-state index in [-0.39, 0.29) is 0 Å². The molecule has 0 aliphatic rings. The molecule has 2 heteroatoms. The van der Waals surface area contributed by atoms with Gasteiger partial charge in [0.1, 0.15) is 0 Å². The molecule has 0 nitrogen and oxygen atoms in total. The summed E-state index contributed by atoms with van der Waals surface area (Å²) in [4.78, 5) is 2.69. The lowest BCUT2D eigenvalue weighted by Crippen LogP contribution is -1.73. The van der Waals surface area contributed by atoms with Crippen molar-refractivity contribution in [3.8, 4) is 20.9 Å². The normalized spacial score (nSPS) is 10.6. The van der Waals surface area contributed by atoms with E-state index in [1.165, 1.54) is 26.4 Å². The molecule has 2 heterocycles. The Morgan fingerprint density at radius 1 is 0.824 bits per heavy atom. The van der Waals surface area contributed by atoms with Gasteiger partial charge in [0.15, 0.2) is 0 Å². The Morgan fingerprint density at radius 3 is 2.35 bits per heavy atom. The molecule has 0 spiro atoms. The topological polar surface area (TPSA) is 0 Å². The minimum atomic E-state index is 1.31. The van der Waals surface area contributed by atoms with E-state index in [1.54, 1.807) is 11.3 Å². The van der Waals surface area contributed by atoms with Crippen LogP contribution in [0.4, 0.5) is 0 Å². The first-order valence-electron chi connectivity index (χ1n) is 5.52. The standard InChI is InChI=1S/C15H12S2/c1-11-4-6-12(7-5-11)15-9-13(10-17-15)14-3-2-8-16-14/h2-10H,1H3. The monoisotopic (exact) mass is 256 g/mol. The Hall–Kier alpha value is -1.38. The minimum absolute atomic E-state index is 1.31. The van der Waals surface area contributed by atoms with Crippen LogP contribution >= 0.6 is 22.7 Å². The molecule has 3 aromatic rings. The van der Waals surface area contributed by atoms with E-state index >= 15 is 0 Å². The Morgan fingerprint density at radius 2 is 1.65 bits per heavy atom. The maximum atomic E-state index is 2.28.